The number of aromatic amines is 1. The third-order valence-corrected chi connectivity index (χ3v) is 3.32. The Hall–Kier alpha value is -2.01. The summed E-state index contributed by atoms with van der Waals surface area (Å²) in [5, 5.41) is 10.7. The number of benzene rings is 1. The number of pyridine rings is 1. The number of nitrogens with one attached hydrogen (secondary N) is 1. The van der Waals surface area contributed by atoms with Crippen molar-refractivity contribution in [3.63, 3.8) is 0 Å². The van der Waals surface area contributed by atoms with E-state index in [1.807, 2.05) is 30.3 Å². The largest absolute Gasteiger partial charge is 0.492 e. The first-order chi connectivity index (χ1) is 9.24. The normalized spacial score (nSPS) is 10.8. The predicted octanol–water partition coefficient (Wildman–Crippen LogP) is 3.61. The van der Waals surface area contributed by atoms with Crippen molar-refractivity contribution in [1.29, 1.82) is 0 Å². The molecule has 96 valence electrons. The number of halogens is 1. The van der Waals surface area contributed by atoms with E-state index in [1.165, 1.54) is 0 Å². The fourth-order valence-corrected chi connectivity index (χ4v) is 2.27. The highest BCUT2D eigenvalue weighted by Gasteiger charge is 2.12. The van der Waals surface area contributed by atoms with Crippen LogP contribution in [0.4, 0.5) is 0 Å². The molecule has 1 aromatic carbocycles. The van der Waals surface area contributed by atoms with E-state index in [9.17, 15) is 5.11 Å². The molecular weight excluding hydrogens is 308 g/mol. The van der Waals surface area contributed by atoms with Gasteiger partial charge < -0.3 is 14.8 Å². The molecule has 5 heteroatoms. The number of aromatic hydroxyl groups is 1. The van der Waals surface area contributed by atoms with E-state index < -0.39 is 0 Å². The molecule has 0 saturated heterocycles. The van der Waals surface area contributed by atoms with E-state index in [-0.39, 0.29) is 5.88 Å². The highest BCUT2D eigenvalue weighted by Crippen LogP contribution is 2.36. The number of hydrogen-bond acceptors (Lipinski definition) is 3. The van der Waals surface area contributed by atoms with Crippen LogP contribution >= 0.6 is 15.9 Å². The Balaban J connectivity index is 1.92. The Bertz CT molecular complexity index is 710. The topological polar surface area (TPSA) is 58.1 Å². The molecule has 0 aliphatic carbocycles. The van der Waals surface area contributed by atoms with Crippen LogP contribution in [0.25, 0.3) is 10.9 Å². The van der Waals surface area contributed by atoms with Crippen LogP contribution in [0.2, 0.25) is 0 Å². The van der Waals surface area contributed by atoms with Gasteiger partial charge in [-0.25, -0.2) is 0 Å². The first-order valence-electron chi connectivity index (χ1n) is 5.76. The van der Waals surface area contributed by atoms with Gasteiger partial charge in [-0.2, -0.15) is 0 Å². The molecule has 2 heterocycles. The minimum Gasteiger partial charge on any atom is -0.492 e. The summed E-state index contributed by atoms with van der Waals surface area (Å²) in [6, 6.07) is 9.46. The minimum atomic E-state index is 0.0437. The van der Waals surface area contributed by atoms with Crippen molar-refractivity contribution in [3.8, 4) is 11.6 Å². The number of nitrogens with zero attached hydrogens (tertiary/aromatic N) is 1. The van der Waals surface area contributed by atoms with Crippen molar-refractivity contribution in [2.45, 2.75) is 6.61 Å². The molecule has 2 N–H and O–H groups in total. The number of hydrogen-bond donors (Lipinski definition) is 2. The van der Waals surface area contributed by atoms with Crippen LogP contribution in [0.15, 0.2) is 47.2 Å². The molecule has 0 aliphatic rings. The zero-order valence-corrected chi connectivity index (χ0v) is 11.5. The molecule has 0 saturated carbocycles. The lowest BCUT2D eigenvalue weighted by Gasteiger charge is -2.05. The summed E-state index contributed by atoms with van der Waals surface area (Å²) in [4.78, 5) is 6.84. The molecule has 4 nitrogen and oxygen atoms in total. The highest BCUT2D eigenvalue weighted by atomic mass is 79.9. The van der Waals surface area contributed by atoms with Crippen molar-refractivity contribution >= 4 is 26.8 Å². The second-order valence-electron chi connectivity index (χ2n) is 4.14. The van der Waals surface area contributed by atoms with E-state index in [0.29, 0.717) is 12.4 Å². The minimum absolute atomic E-state index is 0.0437. The summed E-state index contributed by atoms with van der Waals surface area (Å²) in [5.41, 5.74) is 1.84. The van der Waals surface area contributed by atoms with Crippen LogP contribution in [0, 0.1) is 0 Å². The molecule has 0 aliphatic heterocycles. The zero-order chi connectivity index (χ0) is 13.2. The molecule has 2 aromatic heterocycles. The SMILES string of the molecule is Oc1[nH]c2ccc(Br)cc2c1OCc1ccncc1. The Kier molecular flexibility index (Phi) is 3.13. The van der Waals surface area contributed by atoms with Crippen LogP contribution in [-0.4, -0.2) is 15.1 Å². The van der Waals surface area contributed by atoms with Gasteiger partial charge in [0.25, 0.3) is 0 Å². The number of rotatable bonds is 3. The molecule has 3 rings (SSSR count). The summed E-state index contributed by atoms with van der Waals surface area (Å²) in [7, 11) is 0. The maximum atomic E-state index is 9.90. The first kappa shape index (κ1) is 12.0. The number of aromatic nitrogens is 2. The predicted molar refractivity (Wildman–Crippen MR) is 76.2 cm³/mol. The number of H-pyrrole nitrogens is 1. The Morgan fingerprint density at radius 1 is 1.21 bits per heavy atom. The quantitative estimate of drug-likeness (QED) is 0.775. The van der Waals surface area contributed by atoms with Crippen LogP contribution in [-0.2, 0) is 6.61 Å². The van der Waals surface area contributed by atoms with Gasteiger partial charge in [0.1, 0.15) is 6.61 Å². The summed E-state index contributed by atoms with van der Waals surface area (Å²) >= 11 is 3.41. The maximum Gasteiger partial charge on any atom is 0.233 e. The average molecular weight is 319 g/mol. The van der Waals surface area contributed by atoms with Crippen molar-refractivity contribution < 1.29 is 9.84 Å². The number of ether oxygens (including phenoxy) is 1. The molecule has 0 spiro atoms. The summed E-state index contributed by atoms with van der Waals surface area (Å²) in [6.07, 6.45) is 3.43. The summed E-state index contributed by atoms with van der Waals surface area (Å²) in [5.74, 6) is 0.510. The van der Waals surface area contributed by atoms with Gasteiger partial charge in [-0.3, -0.25) is 4.98 Å². The maximum absolute atomic E-state index is 9.90. The van der Waals surface area contributed by atoms with E-state index in [0.717, 1.165) is 20.9 Å². The lowest BCUT2D eigenvalue weighted by Crippen LogP contribution is -1.94. The van der Waals surface area contributed by atoms with E-state index in [2.05, 4.69) is 25.9 Å². The van der Waals surface area contributed by atoms with E-state index >= 15 is 0 Å². The van der Waals surface area contributed by atoms with Crippen LogP contribution in [0.3, 0.4) is 0 Å². The molecular formula is C14H11BrN2O2. The third kappa shape index (κ3) is 2.42. The van der Waals surface area contributed by atoms with Crippen LogP contribution < -0.4 is 4.74 Å². The lowest BCUT2D eigenvalue weighted by atomic mass is 10.2. The second kappa shape index (κ2) is 4.93. The second-order valence-corrected chi connectivity index (χ2v) is 5.05. The Morgan fingerprint density at radius 3 is 2.79 bits per heavy atom. The van der Waals surface area contributed by atoms with Gasteiger partial charge in [-0.05, 0) is 35.9 Å². The average Bonchev–Trinajstić information content (AvgIpc) is 2.73. The highest BCUT2D eigenvalue weighted by molar-refractivity contribution is 9.10. The zero-order valence-electron chi connectivity index (χ0n) is 9.93. The molecule has 0 bridgehead atoms. The van der Waals surface area contributed by atoms with Gasteiger partial charge in [0.05, 0.1) is 5.52 Å². The van der Waals surface area contributed by atoms with Crippen LogP contribution in [0.5, 0.6) is 11.6 Å². The Labute approximate surface area is 118 Å². The molecule has 0 radical (unpaired) electrons. The van der Waals surface area contributed by atoms with Gasteiger partial charge in [0.2, 0.25) is 5.88 Å². The van der Waals surface area contributed by atoms with Gasteiger partial charge in [0, 0.05) is 22.3 Å². The molecule has 0 unspecified atom stereocenters. The van der Waals surface area contributed by atoms with Crippen LogP contribution in [0.1, 0.15) is 5.56 Å². The molecule has 0 fully saturated rings. The standard InChI is InChI=1S/C14H11BrN2O2/c15-10-1-2-12-11(7-10)13(14(18)17-12)19-8-9-3-5-16-6-4-9/h1-7,17-18H,8H2. The summed E-state index contributed by atoms with van der Waals surface area (Å²) in [6.45, 7) is 0.384. The van der Waals surface area contributed by atoms with Crippen molar-refractivity contribution in [3.05, 3.63) is 52.8 Å². The Morgan fingerprint density at radius 2 is 2.00 bits per heavy atom. The van der Waals surface area contributed by atoms with Crippen molar-refractivity contribution in [2.75, 3.05) is 0 Å². The smallest absolute Gasteiger partial charge is 0.233 e. The molecule has 19 heavy (non-hydrogen) atoms. The van der Waals surface area contributed by atoms with Gasteiger partial charge in [-0.15, -0.1) is 0 Å². The van der Waals surface area contributed by atoms with Gasteiger partial charge >= 0.3 is 0 Å². The molecule has 3 aromatic rings. The number of fused-ring (bicyclic) bond motifs is 1. The summed E-state index contributed by atoms with van der Waals surface area (Å²) < 4.78 is 6.64. The van der Waals surface area contributed by atoms with E-state index in [4.69, 9.17) is 4.74 Å². The first-order valence-corrected chi connectivity index (χ1v) is 6.55. The third-order valence-electron chi connectivity index (χ3n) is 2.83. The molecule has 0 amide bonds. The fourth-order valence-electron chi connectivity index (χ4n) is 1.91. The lowest BCUT2D eigenvalue weighted by molar-refractivity contribution is 0.291. The molecule has 0 atom stereocenters. The van der Waals surface area contributed by atoms with Crippen molar-refractivity contribution in [1.82, 2.24) is 9.97 Å². The van der Waals surface area contributed by atoms with Gasteiger partial charge in [0.15, 0.2) is 5.75 Å². The van der Waals surface area contributed by atoms with Crippen molar-refractivity contribution in [2.24, 2.45) is 0 Å². The fraction of sp³-hybridized carbons (Fsp3) is 0.0714. The van der Waals surface area contributed by atoms with Gasteiger partial charge in [-0.1, -0.05) is 15.9 Å². The van der Waals surface area contributed by atoms with E-state index in [1.54, 1.807) is 12.4 Å². The monoisotopic (exact) mass is 318 g/mol.